The van der Waals surface area contributed by atoms with Gasteiger partial charge in [-0.25, -0.2) is 0 Å². The van der Waals surface area contributed by atoms with Gasteiger partial charge in [0.15, 0.2) is 5.11 Å². The number of hydrogen-bond acceptors (Lipinski definition) is 4. The van der Waals surface area contributed by atoms with Gasteiger partial charge in [0.25, 0.3) is 0 Å². The van der Waals surface area contributed by atoms with Gasteiger partial charge in [-0.2, -0.15) is 0 Å². The Bertz CT molecular complexity index is 317. The quantitative estimate of drug-likeness (QED) is 0.381. The Morgan fingerprint density at radius 1 is 1.69 bits per heavy atom. The highest BCUT2D eigenvalue weighted by Crippen LogP contribution is 2.24. The molecule has 4 N–H and O–H groups in total. The van der Waals surface area contributed by atoms with Crippen LogP contribution in [0.15, 0.2) is 11.8 Å². The van der Waals surface area contributed by atoms with Crippen LogP contribution in [0.3, 0.4) is 0 Å². The van der Waals surface area contributed by atoms with Crippen molar-refractivity contribution in [3.8, 4) is 0 Å². The number of allylic oxidation sites excluding steroid dienone is 2. The molecular formula is C10H17N3O2S. The lowest BCUT2D eigenvalue weighted by Gasteiger charge is -2.08. The second kappa shape index (κ2) is 5.69. The van der Waals surface area contributed by atoms with E-state index in [-0.39, 0.29) is 23.1 Å². The van der Waals surface area contributed by atoms with Crippen LogP contribution in [-0.4, -0.2) is 17.2 Å². The summed E-state index contributed by atoms with van der Waals surface area (Å²) in [5, 5.41) is 0.182. The number of hydrazine groups is 1. The van der Waals surface area contributed by atoms with Gasteiger partial charge in [0.1, 0.15) is 0 Å². The van der Waals surface area contributed by atoms with Crippen LogP contribution in [0.2, 0.25) is 0 Å². The van der Waals surface area contributed by atoms with Crippen LogP contribution in [0.4, 0.5) is 0 Å². The number of rotatable bonds is 4. The summed E-state index contributed by atoms with van der Waals surface area (Å²) in [5.41, 5.74) is 11.6. The molecule has 1 heterocycles. The van der Waals surface area contributed by atoms with Crippen molar-refractivity contribution in [1.29, 1.82) is 0 Å². The fourth-order valence-corrected chi connectivity index (χ4v) is 1.61. The lowest BCUT2D eigenvalue weighted by molar-refractivity contribution is -0.143. The largest absolute Gasteiger partial charge is 0.462 e. The second-order valence-corrected chi connectivity index (χ2v) is 4.36. The monoisotopic (exact) mass is 243 g/mol. The number of nitrogens with one attached hydrogen (secondary N) is 2. The van der Waals surface area contributed by atoms with Crippen molar-refractivity contribution >= 4 is 23.3 Å². The molecule has 0 aliphatic carbocycles. The Kier molecular flexibility index (Phi) is 4.54. The first-order valence-electron chi connectivity index (χ1n) is 5.17. The van der Waals surface area contributed by atoms with Gasteiger partial charge in [-0.15, -0.1) is 0 Å². The molecule has 6 heteroatoms. The number of thiocarbonyl (C=S) groups is 1. The molecule has 16 heavy (non-hydrogen) atoms. The van der Waals surface area contributed by atoms with E-state index in [0.717, 1.165) is 12.1 Å². The molecule has 0 amide bonds. The smallest absolute Gasteiger partial charge is 0.309 e. The molecule has 2 unspecified atom stereocenters. The van der Waals surface area contributed by atoms with Crippen LogP contribution in [-0.2, 0) is 9.53 Å². The molecule has 0 aromatic rings. The van der Waals surface area contributed by atoms with Crippen molar-refractivity contribution in [2.45, 2.75) is 32.8 Å². The average molecular weight is 243 g/mol. The van der Waals surface area contributed by atoms with E-state index in [1.54, 1.807) is 0 Å². The van der Waals surface area contributed by atoms with E-state index in [2.05, 4.69) is 23.1 Å². The summed E-state index contributed by atoms with van der Waals surface area (Å²) in [6.45, 7) is 3.77. The number of carbonyl (C=O) groups is 1. The minimum Gasteiger partial charge on any atom is -0.462 e. The van der Waals surface area contributed by atoms with Gasteiger partial charge in [0, 0.05) is 5.70 Å². The zero-order valence-electron chi connectivity index (χ0n) is 9.45. The first-order valence-corrected chi connectivity index (χ1v) is 5.58. The van der Waals surface area contributed by atoms with Crippen molar-refractivity contribution in [1.82, 2.24) is 10.9 Å². The maximum Gasteiger partial charge on any atom is 0.309 e. The minimum atomic E-state index is -0.112. The summed E-state index contributed by atoms with van der Waals surface area (Å²) < 4.78 is 5.06. The number of cyclic esters (lactones) is 1. The molecule has 1 saturated heterocycles. The van der Waals surface area contributed by atoms with Gasteiger partial charge in [-0.05, 0) is 38.9 Å². The van der Waals surface area contributed by atoms with Crippen LogP contribution >= 0.6 is 12.2 Å². The first kappa shape index (κ1) is 12.8. The van der Waals surface area contributed by atoms with Gasteiger partial charge in [-0.3, -0.25) is 10.2 Å². The van der Waals surface area contributed by atoms with Gasteiger partial charge < -0.3 is 15.9 Å². The molecule has 0 spiro atoms. The molecule has 0 saturated carbocycles. The van der Waals surface area contributed by atoms with Crippen molar-refractivity contribution in [2.24, 2.45) is 11.7 Å². The maximum absolute atomic E-state index is 11.3. The van der Waals surface area contributed by atoms with Gasteiger partial charge in [0.05, 0.1) is 12.0 Å². The Morgan fingerprint density at radius 3 is 2.88 bits per heavy atom. The summed E-state index contributed by atoms with van der Waals surface area (Å²) in [6.07, 6.45) is 3.41. The number of esters is 1. The highest BCUT2D eigenvalue weighted by atomic mass is 32.1. The highest BCUT2D eigenvalue weighted by molar-refractivity contribution is 7.80. The summed E-state index contributed by atoms with van der Waals surface area (Å²) >= 11 is 4.64. The fourth-order valence-electron chi connectivity index (χ4n) is 1.56. The molecule has 0 aromatic heterocycles. The number of carbonyl (C=O) groups excluding carboxylic acids is 1. The third kappa shape index (κ3) is 4.06. The summed E-state index contributed by atoms with van der Waals surface area (Å²) in [6, 6.07) is 0. The van der Waals surface area contributed by atoms with E-state index in [1.807, 2.05) is 19.9 Å². The number of hydrogen-bond donors (Lipinski definition) is 3. The first-order chi connectivity index (χ1) is 7.49. The van der Waals surface area contributed by atoms with E-state index >= 15 is 0 Å². The van der Waals surface area contributed by atoms with Crippen LogP contribution in [0, 0.1) is 5.92 Å². The summed E-state index contributed by atoms with van der Waals surface area (Å²) in [7, 11) is 0. The fraction of sp³-hybridized carbons (Fsp3) is 0.600. The SMILES string of the molecule is CC(=CCC1CC(C)OC1=O)NNC(N)=S. The zero-order chi connectivity index (χ0) is 12.1. The van der Waals surface area contributed by atoms with Crippen LogP contribution in [0.1, 0.15) is 26.7 Å². The van der Waals surface area contributed by atoms with Crippen molar-refractivity contribution < 1.29 is 9.53 Å². The normalized spacial score (nSPS) is 25.1. The zero-order valence-corrected chi connectivity index (χ0v) is 10.3. The molecular weight excluding hydrogens is 226 g/mol. The summed E-state index contributed by atoms with van der Waals surface area (Å²) in [5.74, 6) is -0.143. The molecule has 5 nitrogen and oxygen atoms in total. The van der Waals surface area contributed by atoms with E-state index in [9.17, 15) is 4.79 Å². The lowest BCUT2D eigenvalue weighted by Crippen LogP contribution is -2.39. The maximum atomic E-state index is 11.3. The van der Waals surface area contributed by atoms with Crippen molar-refractivity contribution in [2.75, 3.05) is 0 Å². The predicted molar refractivity (Wildman–Crippen MR) is 65.1 cm³/mol. The van der Waals surface area contributed by atoms with Gasteiger partial charge >= 0.3 is 5.97 Å². The molecule has 0 bridgehead atoms. The minimum absolute atomic E-state index is 0.0309. The third-order valence-corrected chi connectivity index (χ3v) is 2.46. The van der Waals surface area contributed by atoms with Crippen molar-refractivity contribution in [3.05, 3.63) is 11.8 Å². The Labute approximate surface area is 100 Å². The van der Waals surface area contributed by atoms with Crippen molar-refractivity contribution in [3.63, 3.8) is 0 Å². The molecule has 1 fully saturated rings. The standard InChI is InChI=1S/C10H17N3O2S/c1-6(12-13-10(11)16)3-4-8-5-7(2)15-9(8)14/h3,7-8,12H,4-5H2,1-2H3,(H3,11,13,16). The van der Waals surface area contributed by atoms with Crippen LogP contribution in [0.5, 0.6) is 0 Å². The molecule has 2 atom stereocenters. The third-order valence-electron chi connectivity index (χ3n) is 2.36. The second-order valence-electron chi connectivity index (χ2n) is 3.92. The molecule has 0 radical (unpaired) electrons. The average Bonchev–Trinajstić information content (AvgIpc) is 2.51. The molecule has 90 valence electrons. The van der Waals surface area contributed by atoms with E-state index in [1.165, 1.54) is 0 Å². The van der Waals surface area contributed by atoms with E-state index < -0.39 is 0 Å². The lowest BCUT2D eigenvalue weighted by atomic mass is 10.0. The number of ether oxygens (including phenoxy) is 1. The predicted octanol–water partition coefficient (Wildman–Crippen LogP) is 0.570. The van der Waals surface area contributed by atoms with Crippen LogP contribution in [0.25, 0.3) is 0 Å². The topological polar surface area (TPSA) is 76.4 Å². The highest BCUT2D eigenvalue weighted by Gasteiger charge is 2.30. The summed E-state index contributed by atoms with van der Waals surface area (Å²) in [4.78, 5) is 11.3. The molecule has 1 rings (SSSR count). The Balaban J connectivity index is 2.34. The number of nitrogens with two attached hydrogens (primary N) is 1. The van der Waals surface area contributed by atoms with Gasteiger partial charge in [0.2, 0.25) is 0 Å². The Morgan fingerprint density at radius 2 is 2.38 bits per heavy atom. The molecule has 0 aromatic carbocycles. The van der Waals surface area contributed by atoms with E-state index in [4.69, 9.17) is 10.5 Å². The van der Waals surface area contributed by atoms with Crippen LogP contribution < -0.4 is 16.6 Å². The molecule has 1 aliphatic heterocycles. The van der Waals surface area contributed by atoms with E-state index in [0.29, 0.717) is 6.42 Å². The van der Waals surface area contributed by atoms with Gasteiger partial charge in [-0.1, -0.05) is 6.08 Å². The Hall–Kier alpha value is -1.30. The molecule has 1 aliphatic rings.